The lowest BCUT2D eigenvalue weighted by Gasteiger charge is -2.07. The summed E-state index contributed by atoms with van der Waals surface area (Å²) < 4.78 is 0. The lowest BCUT2D eigenvalue weighted by atomic mass is 10.1. The van der Waals surface area contributed by atoms with E-state index in [0.717, 1.165) is 34.2 Å². The zero-order valence-corrected chi connectivity index (χ0v) is 11.5. The van der Waals surface area contributed by atoms with Crippen LogP contribution in [0.1, 0.15) is 11.4 Å². The average Bonchev–Trinajstić information content (AvgIpc) is 2.48. The maximum absolute atomic E-state index is 4.61. The van der Waals surface area contributed by atoms with Crippen LogP contribution < -0.4 is 0 Å². The molecular formula is C17H15N3. The standard InChI is InChI=1S/C17H15N3/c1-12-8-6-7-11-15(12)17-19-13(2)18-16(20-17)14-9-4-3-5-10-14/h3-11H,1-2H3. The molecule has 0 bridgehead atoms. The molecule has 0 atom stereocenters. The summed E-state index contributed by atoms with van der Waals surface area (Å²) in [5.74, 6) is 2.18. The summed E-state index contributed by atoms with van der Waals surface area (Å²) in [6.07, 6.45) is 0. The molecule has 0 N–H and O–H groups in total. The van der Waals surface area contributed by atoms with E-state index in [1.807, 2.05) is 55.5 Å². The van der Waals surface area contributed by atoms with Gasteiger partial charge in [-0.25, -0.2) is 15.0 Å². The Morgan fingerprint density at radius 2 is 1.30 bits per heavy atom. The molecule has 20 heavy (non-hydrogen) atoms. The van der Waals surface area contributed by atoms with Gasteiger partial charge in [-0.15, -0.1) is 0 Å². The lowest BCUT2D eigenvalue weighted by molar-refractivity contribution is 0.990. The van der Waals surface area contributed by atoms with Gasteiger partial charge in [0.1, 0.15) is 5.82 Å². The van der Waals surface area contributed by atoms with Gasteiger partial charge in [-0.2, -0.15) is 0 Å². The molecule has 98 valence electrons. The van der Waals surface area contributed by atoms with Crippen LogP contribution in [0.15, 0.2) is 54.6 Å². The molecule has 3 aromatic rings. The van der Waals surface area contributed by atoms with Crippen LogP contribution in [0.4, 0.5) is 0 Å². The van der Waals surface area contributed by atoms with E-state index in [0.29, 0.717) is 0 Å². The Kier molecular flexibility index (Phi) is 3.25. The number of benzene rings is 2. The van der Waals surface area contributed by atoms with E-state index in [-0.39, 0.29) is 0 Å². The van der Waals surface area contributed by atoms with Crippen LogP contribution in [0.2, 0.25) is 0 Å². The van der Waals surface area contributed by atoms with E-state index in [2.05, 4.69) is 27.9 Å². The van der Waals surface area contributed by atoms with Gasteiger partial charge >= 0.3 is 0 Å². The Bertz CT molecular complexity index is 736. The molecule has 3 nitrogen and oxygen atoms in total. The third-order valence-corrected chi connectivity index (χ3v) is 3.17. The van der Waals surface area contributed by atoms with Crippen LogP contribution in [0.25, 0.3) is 22.8 Å². The average molecular weight is 261 g/mol. The van der Waals surface area contributed by atoms with E-state index in [9.17, 15) is 0 Å². The Morgan fingerprint density at radius 3 is 2.05 bits per heavy atom. The van der Waals surface area contributed by atoms with Crippen molar-refractivity contribution < 1.29 is 0 Å². The van der Waals surface area contributed by atoms with E-state index in [4.69, 9.17) is 0 Å². The minimum absolute atomic E-state index is 0.719. The second kappa shape index (κ2) is 5.21. The summed E-state index contributed by atoms with van der Waals surface area (Å²) >= 11 is 0. The number of aryl methyl sites for hydroxylation is 2. The molecule has 0 unspecified atom stereocenters. The summed E-state index contributed by atoms with van der Waals surface area (Å²) in [6, 6.07) is 18.1. The first-order valence-corrected chi connectivity index (χ1v) is 6.58. The largest absolute Gasteiger partial charge is 0.213 e. The molecule has 3 heteroatoms. The van der Waals surface area contributed by atoms with Crippen molar-refractivity contribution >= 4 is 0 Å². The number of rotatable bonds is 2. The molecule has 0 aliphatic heterocycles. The van der Waals surface area contributed by atoms with Gasteiger partial charge in [0.25, 0.3) is 0 Å². The summed E-state index contributed by atoms with van der Waals surface area (Å²) in [4.78, 5) is 13.5. The number of nitrogens with zero attached hydrogens (tertiary/aromatic N) is 3. The minimum atomic E-state index is 0.719. The summed E-state index contributed by atoms with van der Waals surface area (Å²) in [6.45, 7) is 3.96. The van der Waals surface area contributed by atoms with Crippen molar-refractivity contribution in [3.63, 3.8) is 0 Å². The molecule has 0 aliphatic rings. The number of hydrogen-bond donors (Lipinski definition) is 0. The number of aromatic nitrogens is 3. The SMILES string of the molecule is Cc1nc(-c2ccccc2)nc(-c2ccccc2C)n1. The molecule has 0 aliphatic carbocycles. The van der Waals surface area contributed by atoms with Crippen LogP contribution in [0, 0.1) is 13.8 Å². The van der Waals surface area contributed by atoms with Crippen molar-refractivity contribution in [3.8, 4) is 22.8 Å². The highest BCUT2D eigenvalue weighted by molar-refractivity contribution is 5.63. The zero-order chi connectivity index (χ0) is 13.9. The van der Waals surface area contributed by atoms with Crippen molar-refractivity contribution in [2.24, 2.45) is 0 Å². The summed E-state index contributed by atoms with van der Waals surface area (Å²) in [7, 11) is 0. The Morgan fingerprint density at radius 1 is 0.650 bits per heavy atom. The quantitative estimate of drug-likeness (QED) is 0.704. The zero-order valence-electron chi connectivity index (χ0n) is 11.5. The van der Waals surface area contributed by atoms with Crippen LogP contribution in [-0.4, -0.2) is 15.0 Å². The van der Waals surface area contributed by atoms with Gasteiger partial charge in [0, 0.05) is 11.1 Å². The smallest absolute Gasteiger partial charge is 0.163 e. The van der Waals surface area contributed by atoms with E-state index in [1.165, 1.54) is 0 Å². The Labute approximate surface area is 118 Å². The fourth-order valence-corrected chi connectivity index (χ4v) is 2.14. The van der Waals surface area contributed by atoms with Gasteiger partial charge in [0.05, 0.1) is 0 Å². The van der Waals surface area contributed by atoms with Gasteiger partial charge in [-0.05, 0) is 19.4 Å². The maximum atomic E-state index is 4.61. The maximum Gasteiger partial charge on any atom is 0.163 e. The predicted molar refractivity (Wildman–Crippen MR) is 80.2 cm³/mol. The van der Waals surface area contributed by atoms with Crippen LogP contribution >= 0.6 is 0 Å². The first-order valence-electron chi connectivity index (χ1n) is 6.58. The van der Waals surface area contributed by atoms with Gasteiger partial charge in [0.15, 0.2) is 11.6 Å². The molecule has 0 saturated carbocycles. The summed E-state index contributed by atoms with van der Waals surface area (Å²) in [5.41, 5.74) is 3.22. The molecule has 0 spiro atoms. The molecule has 0 radical (unpaired) electrons. The first-order chi connectivity index (χ1) is 9.74. The van der Waals surface area contributed by atoms with Crippen LogP contribution in [0.5, 0.6) is 0 Å². The molecule has 3 rings (SSSR count). The fourth-order valence-electron chi connectivity index (χ4n) is 2.14. The highest BCUT2D eigenvalue weighted by atomic mass is 15.0. The molecule has 0 saturated heterocycles. The lowest BCUT2D eigenvalue weighted by Crippen LogP contribution is -2.00. The topological polar surface area (TPSA) is 38.7 Å². The third-order valence-electron chi connectivity index (χ3n) is 3.17. The number of hydrogen-bond acceptors (Lipinski definition) is 3. The van der Waals surface area contributed by atoms with Crippen molar-refractivity contribution in [1.82, 2.24) is 15.0 Å². The van der Waals surface area contributed by atoms with Gasteiger partial charge in [-0.1, -0.05) is 54.6 Å². The monoisotopic (exact) mass is 261 g/mol. The molecule has 2 aromatic carbocycles. The minimum Gasteiger partial charge on any atom is -0.213 e. The fraction of sp³-hybridized carbons (Fsp3) is 0.118. The highest BCUT2D eigenvalue weighted by Crippen LogP contribution is 2.22. The molecule has 0 amide bonds. The molecular weight excluding hydrogens is 246 g/mol. The normalized spacial score (nSPS) is 10.5. The van der Waals surface area contributed by atoms with Crippen LogP contribution in [0.3, 0.4) is 0 Å². The molecule has 1 aromatic heterocycles. The second-order valence-electron chi connectivity index (χ2n) is 4.71. The highest BCUT2D eigenvalue weighted by Gasteiger charge is 2.09. The summed E-state index contributed by atoms with van der Waals surface area (Å²) in [5, 5.41) is 0. The second-order valence-corrected chi connectivity index (χ2v) is 4.71. The van der Waals surface area contributed by atoms with Gasteiger partial charge in [-0.3, -0.25) is 0 Å². The Hall–Kier alpha value is -2.55. The Balaban J connectivity index is 2.15. The van der Waals surface area contributed by atoms with E-state index >= 15 is 0 Å². The third kappa shape index (κ3) is 2.43. The van der Waals surface area contributed by atoms with Gasteiger partial charge in [0.2, 0.25) is 0 Å². The van der Waals surface area contributed by atoms with Crippen molar-refractivity contribution in [3.05, 3.63) is 66.0 Å². The van der Waals surface area contributed by atoms with E-state index < -0.39 is 0 Å². The van der Waals surface area contributed by atoms with Crippen molar-refractivity contribution in [2.45, 2.75) is 13.8 Å². The predicted octanol–water partition coefficient (Wildman–Crippen LogP) is 3.82. The molecule has 0 fully saturated rings. The van der Waals surface area contributed by atoms with Crippen LogP contribution in [-0.2, 0) is 0 Å². The first kappa shape index (κ1) is 12.5. The van der Waals surface area contributed by atoms with Gasteiger partial charge < -0.3 is 0 Å². The van der Waals surface area contributed by atoms with E-state index in [1.54, 1.807) is 0 Å². The van der Waals surface area contributed by atoms with Crippen molar-refractivity contribution in [2.75, 3.05) is 0 Å². The van der Waals surface area contributed by atoms with Crippen molar-refractivity contribution in [1.29, 1.82) is 0 Å². The molecule has 1 heterocycles.